The molecule has 6 rings (SSSR count). The Bertz CT molecular complexity index is 1260. The molecule has 2 saturated carbocycles. The van der Waals surface area contributed by atoms with Crippen LogP contribution in [0.15, 0.2) is 65.8 Å². The zero-order chi connectivity index (χ0) is 20.1. The van der Waals surface area contributed by atoms with Gasteiger partial charge in [0.2, 0.25) is 5.95 Å². The molecule has 3 heterocycles. The molecule has 30 heavy (non-hydrogen) atoms. The van der Waals surface area contributed by atoms with Gasteiger partial charge in [0.05, 0.1) is 5.69 Å². The van der Waals surface area contributed by atoms with Crippen molar-refractivity contribution < 1.29 is 0 Å². The second kappa shape index (κ2) is 6.79. The molecule has 1 aromatic carbocycles. The molecule has 2 fully saturated rings. The lowest BCUT2D eigenvalue weighted by Crippen LogP contribution is -2.28. The molecule has 0 aliphatic heterocycles. The van der Waals surface area contributed by atoms with Gasteiger partial charge in [0.1, 0.15) is 5.65 Å². The average Bonchev–Trinajstić information content (AvgIpc) is 3.53. The first-order valence-corrected chi connectivity index (χ1v) is 10.5. The molecule has 3 unspecified atom stereocenters. The molecule has 0 spiro atoms. The lowest BCUT2D eigenvalue weighted by molar-refractivity contribution is 0.329. The summed E-state index contributed by atoms with van der Waals surface area (Å²) >= 11 is 0. The van der Waals surface area contributed by atoms with E-state index < -0.39 is 0 Å². The number of pyridine rings is 1. The Morgan fingerprint density at radius 1 is 1.03 bits per heavy atom. The normalized spacial score (nSPS) is 22.6. The van der Waals surface area contributed by atoms with E-state index in [0.29, 0.717) is 11.9 Å². The number of aromatic nitrogens is 5. The molecule has 150 valence electrons. The summed E-state index contributed by atoms with van der Waals surface area (Å²) in [4.78, 5) is 22.0. The fourth-order valence-electron chi connectivity index (χ4n) is 5.19. The van der Waals surface area contributed by atoms with Crippen LogP contribution >= 0.6 is 0 Å². The topological polar surface area (TPSA) is 77.6 Å². The Morgan fingerprint density at radius 3 is 2.67 bits per heavy atom. The average molecular weight is 398 g/mol. The minimum absolute atomic E-state index is 0.0354. The van der Waals surface area contributed by atoms with Gasteiger partial charge >= 0.3 is 0 Å². The van der Waals surface area contributed by atoms with Gasteiger partial charge in [0.25, 0.3) is 5.56 Å². The number of fused-ring (bicyclic) bond motifs is 3. The first-order chi connectivity index (χ1) is 14.7. The first-order valence-electron chi connectivity index (χ1n) is 10.5. The van der Waals surface area contributed by atoms with Crippen molar-refractivity contribution in [2.24, 2.45) is 11.8 Å². The maximum absolute atomic E-state index is 12.8. The van der Waals surface area contributed by atoms with Gasteiger partial charge in [-0.25, -0.2) is 9.67 Å². The highest BCUT2D eigenvalue weighted by Gasteiger charge is 2.41. The third-order valence-corrected chi connectivity index (χ3v) is 6.59. The Morgan fingerprint density at radius 2 is 1.93 bits per heavy atom. The van der Waals surface area contributed by atoms with Gasteiger partial charge < -0.3 is 5.32 Å². The fraction of sp³-hybridized carbons (Fsp3) is 0.304. The summed E-state index contributed by atoms with van der Waals surface area (Å²) < 4.78 is 3.73. The first kappa shape index (κ1) is 17.4. The molecule has 3 aromatic heterocycles. The minimum Gasteiger partial charge on any atom is -0.324 e. The molecule has 0 radical (unpaired) electrons. The van der Waals surface area contributed by atoms with E-state index >= 15 is 0 Å². The van der Waals surface area contributed by atoms with Crippen molar-refractivity contribution in [3.63, 3.8) is 0 Å². The van der Waals surface area contributed by atoms with E-state index in [0.717, 1.165) is 34.7 Å². The van der Waals surface area contributed by atoms with Crippen molar-refractivity contribution in [1.29, 1.82) is 0 Å². The van der Waals surface area contributed by atoms with Gasteiger partial charge in [0, 0.05) is 41.8 Å². The van der Waals surface area contributed by atoms with Crippen molar-refractivity contribution in [3.05, 3.63) is 71.4 Å². The number of benzene rings is 1. The zero-order valence-corrected chi connectivity index (χ0v) is 16.5. The van der Waals surface area contributed by atoms with Gasteiger partial charge in [0.15, 0.2) is 0 Å². The number of hydrogen-bond donors (Lipinski definition) is 1. The summed E-state index contributed by atoms with van der Waals surface area (Å²) in [5, 5.41) is 8.42. The predicted octanol–water partition coefficient (Wildman–Crippen LogP) is 4.08. The molecule has 3 atom stereocenters. The maximum Gasteiger partial charge on any atom is 0.252 e. The smallest absolute Gasteiger partial charge is 0.252 e. The monoisotopic (exact) mass is 398 g/mol. The highest BCUT2D eigenvalue weighted by molar-refractivity contribution is 5.76. The van der Waals surface area contributed by atoms with Gasteiger partial charge in [-0.3, -0.25) is 9.36 Å². The van der Waals surface area contributed by atoms with E-state index in [-0.39, 0.29) is 11.6 Å². The van der Waals surface area contributed by atoms with Gasteiger partial charge in [-0.2, -0.15) is 10.1 Å². The number of nitrogens with one attached hydrogen (secondary N) is 1. The summed E-state index contributed by atoms with van der Waals surface area (Å²) in [6, 6.07) is 13.5. The van der Waals surface area contributed by atoms with Crippen LogP contribution in [0.2, 0.25) is 0 Å². The van der Waals surface area contributed by atoms with Gasteiger partial charge in [-0.15, -0.1) is 0 Å². The van der Waals surface area contributed by atoms with E-state index in [9.17, 15) is 4.79 Å². The molecule has 7 heteroatoms. The molecule has 0 saturated heterocycles. The van der Waals surface area contributed by atoms with Crippen LogP contribution < -0.4 is 10.9 Å². The Labute approximate surface area is 173 Å². The number of rotatable bonds is 4. The Hall–Kier alpha value is -3.48. The fourth-order valence-corrected chi connectivity index (χ4v) is 5.19. The van der Waals surface area contributed by atoms with Crippen LogP contribution in [0.4, 0.5) is 11.6 Å². The van der Waals surface area contributed by atoms with Crippen LogP contribution in [-0.2, 0) is 0 Å². The number of hydrogen-bond acceptors (Lipinski definition) is 5. The molecule has 2 aliphatic rings. The van der Waals surface area contributed by atoms with Crippen molar-refractivity contribution >= 4 is 22.7 Å². The van der Waals surface area contributed by atoms with Crippen molar-refractivity contribution in [3.8, 4) is 5.69 Å². The summed E-state index contributed by atoms with van der Waals surface area (Å²) in [5.41, 5.74) is 2.63. The largest absolute Gasteiger partial charge is 0.324 e. The summed E-state index contributed by atoms with van der Waals surface area (Å²) in [5.74, 6) is 1.85. The van der Waals surface area contributed by atoms with Crippen LogP contribution in [0.3, 0.4) is 0 Å². The van der Waals surface area contributed by atoms with E-state index in [4.69, 9.17) is 4.98 Å². The SMILES string of the molecule is O=c1ccc2cnc(Nc3ccc(-n4cccn4)cc3)nc2n1C1CC2CCC1C2. The number of anilines is 2. The van der Waals surface area contributed by atoms with Crippen LogP contribution in [0.5, 0.6) is 0 Å². The quantitative estimate of drug-likeness (QED) is 0.560. The Balaban J connectivity index is 1.34. The van der Waals surface area contributed by atoms with Crippen molar-refractivity contribution in [2.45, 2.75) is 31.7 Å². The van der Waals surface area contributed by atoms with Crippen molar-refractivity contribution in [1.82, 2.24) is 24.3 Å². The standard InChI is InChI=1S/C23H22N6O/c30-21-9-4-17-14-24-23(26-18-5-7-19(8-6-18)28-11-1-10-25-28)27-22(17)29(21)20-13-15-2-3-16(20)12-15/h1,4-11,14-16,20H,2-3,12-13H2,(H,24,26,27). The number of nitrogens with zero attached hydrogens (tertiary/aromatic N) is 5. The predicted molar refractivity (Wildman–Crippen MR) is 115 cm³/mol. The van der Waals surface area contributed by atoms with Gasteiger partial charge in [-0.05, 0) is 67.5 Å². The molecular formula is C23H22N6O. The van der Waals surface area contributed by atoms with E-state index in [2.05, 4.69) is 15.4 Å². The third kappa shape index (κ3) is 2.89. The van der Waals surface area contributed by atoms with Gasteiger partial charge in [-0.1, -0.05) is 6.42 Å². The lowest BCUT2D eigenvalue weighted by atomic mass is 9.95. The molecule has 0 amide bonds. The minimum atomic E-state index is 0.0354. The molecule has 1 N–H and O–H groups in total. The molecule has 2 aliphatic carbocycles. The zero-order valence-electron chi connectivity index (χ0n) is 16.5. The van der Waals surface area contributed by atoms with E-state index in [1.807, 2.05) is 51.8 Å². The third-order valence-electron chi connectivity index (χ3n) is 6.59. The Kier molecular flexibility index (Phi) is 3.94. The van der Waals surface area contributed by atoms with Crippen LogP contribution in [0.25, 0.3) is 16.7 Å². The van der Waals surface area contributed by atoms with Crippen LogP contribution in [0.1, 0.15) is 31.7 Å². The van der Waals surface area contributed by atoms with E-state index in [1.165, 1.54) is 19.3 Å². The molecule has 7 nitrogen and oxygen atoms in total. The van der Waals surface area contributed by atoms with Crippen LogP contribution in [0, 0.1) is 11.8 Å². The summed E-state index contributed by atoms with van der Waals surface area (Å²) in [6.45, 7) is 0. The lowest BCUT2D eigenvalue weighted by Gasteiger charge is -2.25. The second-order valence-electron chi connectivity index (χ2n) is 8.38. The highest BCUT2D eigenvalue weighted by atomic mass is 16.1. The maximum atomic E-state index is 12.8. The highest BCUT2D eigenvalue weighted by Crippen LogP contribution is 2.50. The molecule has 2 bridgehead atoms. The van der Waals surface area contributed by atoms with Crippen LogP contribution in [-0.4, -0.2) is 24.3 Å². The van der Waals surface area contributed by atoms with Crippen molar-refractivity contribution in [2.75, 3.05) is 5.32 Å². The molecular weight excluding hydrogens is 376 g/mol. The molecule has 4 aromatic rings. The second-order valence-corrected chi connectivity index (χ2v) is 8.38. The summed E-state index contributed by atoms with van der Waals surface area (Å²) in [6.07, 6.45) is 10.3. The van der Waals surface area contributed by atoms with E-state index in [1.54, 1.807) is 18.5 Å². The summed E-state index contributed by atoms with van der Waals surface area (Å²) in [7, 11) is 0.